The highest BCUT2D eigenvalue weighted by Gasteiger charge is 2.21. The molecule has 1 saturated heterocycles. The molecule has 0 amide bonds. The minimum atomic E-state index is 0.126. The summed E-state index contributed by atoms with van der Waals surface area (Å²) in [5.41, 5.74) is 6.21. The topological polar surface area (TPSA) is 44.5 Å². The van der Waals surface area contributed by atoms with Crippen LogP contribution in [0.4, 0.5) is 5.69 Å². The average molecular weight is 200 g/mol. The lowest BCUT2D eigenvalue weighted by Crippen LogP contribution is -2.38. The van der Waals surface area contributed by atoms with Gasteiger partial charge in [0.2, 0.25) is 0 Å². The van der Waals surface area contributed by atoms with Crippen LogP contribution in [0.2, 0.25) is 5.02 Å². The van der Waals surface area contributed by atoms with Gasteiger partial charge in [-0.25, -0.2) is 0 Å². The van der Waals surface area contributed by atoms with Crippen molar-refractivity contribution in [1.82, 2.24) is 0 Å². The molecule has 0 aromatic heterocycles. The molecule has 1 heterocycles. The Bertz CT molecular complexity index is 312. The van der Waals surface area contributed by atoms with Crippen LogP contribution in [0.5, 0.6) is 5.75 Å². The third kappa shape index (κ3) is 1.71. The van der Waals surface area contributed by atoms with Gasteiger partial charge >= 0.3 is 0 Å². The molecule has 0 aliphatic carbocycles. The van der Waals surface area contributed by atoms with E-state index in [-0.39, 0.29) is 6.10 Å². The fourth-order valence-corrected chi connectivity index (χ4v) is 1.25. The van der Waals surface area contributed by atoms with E-state index in [1.54, 1.807) is 12.1 Å². The van der Waals surface area contributed by atoms with Crippen molar-refractivity contribution >= 4 is 17.3 Å². The summed E-state index contributed by atoms with van der Waals surface area (Å²) >= 11 is 5.82. The van der Waals surface area contributed by atoms with E-state index in [2.05, 4.69) is 0 Å². The molecule has 1 aromatic carbocycles. The van der Waals surface area contributed by atoms with Gasteiger partial charge in [-0.1, -0.05) is 17.7 Å². The standard InChI is InChI=1S/C9H10ClNO2/c10-7-2-1-3-8(9(7)11)13-6-4-12-5-6/h1-3,6H,4-5,11H2. The zero-order chi connectivity index (χ0) is 9.26. The highest BCUT2D eigenvalue weighted by molar-refractivity contribution is 6.33. The van der Waals surface area contributed by atoms with Gasteiger partial charge in [0.1, 0.15) is 11.9 Å². The number of anilines is 1. The molecule has 0 atom stereocenters. The Labute approximate surface area is 81.4 Å². The van der Waals surface area contributed by atoms with E-state index >= 15 is 0 Å². The number of nitrogens with two attached hydrogens (primary N) is 1. The van der Waals surface area contributed by atoms with Gasteiger partial charge in [0.25, 0.3) is 0 Å². The Hall–Kier alpha value is -0.930. The van der Waals surface area contributed by atoms with Crippen LogP contribution in [-0.4, -0.2) is 19.3 Å². The Morgan fingerprint density at radius 3 is 2.85 bits per heavy atom. The summed E-state index contributed by atoms with van der Waals surface area (Å²) < 4.78 is 10.5. The van der Waals surface area contributed by atoms with E-state index in [4.69, 9.17) is 26.8 Å². The molecule has 0 radical (unpaired) electrons. The second kappa shape index (κ2) is 3.44. The smallest absolute Gasteiger partial charge is 0.145 e. The second-order valence-electron chi connectivity index (χ2n) is 2.93. The summed E-state index contributed by atoms with van der Waals surface area (Å²) in [4.78, 5) is 0. The fourth-order valence-electron chi connectivity index (χ4n) is 1.08. The van der Waals surface area contributed by atoms with Crippen LogP contribution in [0.3, 0.4) is 0 Å². The van der Waals surface area contributed by atoms with Crippen LogP contribution >= 0.6 is 11.6 Å². The minimum absolute atomic E-state index is 0.126. The Balaban J connectivity index is 2.14. The quantitative estimate of drug-likeness (QED) is 0.738. The van der Waals surface area contributed by atoms with Gasteiger partial charge in [0.05, 0.1) is 23.9 Å². The lowest BCUT2D eigenvalue weighted by molar-refractivity contribution is -0.0793. The molecular weight excluding hydrogens is 190 g/mol. The van der Waals surface area contributed by atoms with E-state index in [1.807, 2.05) is 6.07 Å². The second-order valence-corrected chi connectivity index (χ2v) is 3.34. The summed E-state index contributed by atoms with van der Waals surface area (Å²) in [6.45, 7) is 1.26. The molecule has 1 aliphatic rings. The number of nitrogen functional groups attached to an aromatic ring is 1. The average Bonchev–Trinajstić information content (AvgIpc) is 2.04. The number of ether oxygens (including phenoxy) is 2. The zero-order valence-corrected chi connectivity index (χ0v) is 7.75. The number of rotatable bonds is 2. The monoisotopic (exact) mass is 199 g/mol. The van der Waals surface area contributed by atoms with Crippen molar-refractivity contribution in [3.8, 4) is 5.75 Å². The first-order valence-corrected chi connectivity index (χ1v) is 4.43. The largest absolute Gasteiger partial charge is 0.483 e. The Morgan fingerprint density at radius 1 is 1.46 bits per heavy atom. The lowest BCUT2D eigenvalue weighted by Gasteiger charge is -2.27. The Morgan fingerprint density at radius 2 is 2.23 bits per heavy atom. The third-order valence-electron chi connectivity index (χ3n) is 1.91. The van der Waals surface area contributed by atoms with Crippen molar-refractivity contribution in [3.63, 3.8) is 0 Å². The molecule has 1 fully saturated rings. The van der Waals surface area contributed by atoms with Crippen molar-refractivity contribution < 1.29 is 9.47 Å². The molecule has 70 valence electrons. The molecule has 0 saturated carbocycles. The van der Waals surface area contributed by atoms with Crippen LogP contribution in [-0.2, 0) is 4.74 Å². The fraction of sp³-hybridized carbons (Fsp3) is 0.333. The summed E-state index contributed by atoms with van der Waals surface area (Å²) in [6, 6.07) is 5.36. The molecule has 0 unspecified atom stereocenters. The number of halogens is 1. The molecule has 13 heavy (non-hydrogen) atoms. The van der Waals surface area contributed by atoms with Crippen LogP contribution in [0.1, 0.15) is 0 Å². The van der Waals surface area contributed by atoms with E-state index in [0.717, 1.165) is 0 Å². The number of para-hydroxylation sites is 1. The first-order chi connectivity index (χ1) is 6.27. The van der Waals surface area contributed by atoms with Crippen LogP contribution in [0, 0.1) is 0 Å². The van der Waals surface area contributed by atoms with Gasteiger partial charge in [-0.15, -0.1) is 0 Å². The first-order valence-electron chi connectivity index (χ1n) is 4.06. The minimum Gasteiger partial charge on any atom is -0.483 e. The van der Waals surface area contributed by atoms with Crippen molar-refractivity contribution in [3.05, 3.63) is 23.2 Å². The predicted molar refractivity (Wildman–Crippen MR) is 51.1 cm³/mol. The van der Waals surface area contributed by atoms with Crippen molar-refractivity contribution in [2.45, 2.75) is 6.10 Å². The number of hydrogen-bond donors (Lipinski definition) is 1. The molecule has 0 bridgehead atoms. The maximum absolute atomic E-state index is 5.82. The summed E-state index contributed by atoms with van der Waals surface area (Å²) in [7, 11) is 0. The lowest BCUT2D eigenvalue weighted by atomic mass is 10.2. The van der Waals surface area contributed by atoms with E-state index in [1.165, 1.54) is 0 Å². The first kappa shape index (κ1) is 8.66. The highest BCUT2D eigenvalue weighted by atomic mass is 35.5. The SMILES string of the molecule is Nc1c(Cl)cccc1OC1COC1. The zero-order valence-electron chi connectivity index (χ0n) is 7.00. The van der Waals surface area contributed by atoms with Gasteiger partial charge in [-0.05, 0) is 12.1 Å². The Kier molecular flexibility index (Phi) is 2.29. The molecule has 2 N–H and O–H groups in total. The van der Waals surface area contributed by atoms with Gasteiger partial charge in [-0.3, -0.25) is 0 Å². The van der Waals surface area contributed by atoms with E-state index < -0.39 is 0 Å². The molecule has 1 aliphatic heterocycles. The summed E-state index contributed by atoms with van der Waals surface area (Å²) in [6.07, 6.45) is 0.126. The van der Waals surface area contributed by atoms with Gasteiger partial charge in [0.15, 0.2) is 0 Å². The normalized spacial score (nSPS) is 16.7. The van der Waals surface area contributed by atoms with Crippen molar-refractivity contribution in [2.75, 3.05) is 18.9 Å². The van der Waals surface area contributed by atoms with E-state index in [0.29, 0.717) is 29.7 Å². The number of hydrogen-bond acceptors (Lipinski definition) is 3. The number of benzene rings is 1. The molecule has 3 nitrogen and oxygen atoms in total. The van der Waals surface area contributed by atoms with Gasteiger partial charge in [-0.2, -0.15) is 0 Å². The highest BCUT2D eigenvalue weighted by Crippen LogP contribution is 2.30. The molecule has 1 aromatic rings. The van der Waals surface area contributed by atoms with Crippen molar-refractivity contribution in [1.29, 1.82) is 0 Å². The third-order valence-corrected chi connectivity index (χ3v) is 2.24. The molecule has 0 spiro atoms. The van der Waals surface area contributed by atoms with Crippen LogP contribution in [0.25, 0.3) is 0 Å². The van der Waals surface area contributed by atoms with Crippen molar-refractivity contribution in [2.24, 2.45) is 0 Å². The maximum atomic E-state index is 5.82. The van der Waals surface area contributed by atoms with Crippen LogP contribution in [0.15, 0.2) is 18.2 Å². The maximum Gasteiger partial charge on any atom is 0.145 e. The molecule has 4 heteroatoms. The summed E-state index contributed by atoms with van der Waals surface area (Å²) in [5.74, 6) is 0.640. The van der Waals surface area contributed by atoms with Gasteiger partial charge in [0, 0.05) is 0 Å². The summed E-state index contributed by atoms with van der Waals surface area (Å²) in [5, 5.41) is 0.526. The van der Waals surface area contributed by atoms with Crippen LogP contribution < -0.4 is 10.5 Å². The van der Waals surface area contributed by atoms with Gasteiger partial charge < -0.3 is 15.2 Å². The molecule has 2 rings (SSSR count). The molecular formula is C9H10ClNO2. The van der Waals surface area contributed by atoms with E-state index in [9.17, 15) is 0 Å². The predicted octanol–water partition coefficient (Wildman–Crippen LogP) is 1.70.